The second kappa shape index (κ2) is 10.8. The molecule has 1 amide bonds. The summed E-state index contributed by atoms with van der Waals surface area (Å²) in [6.07, 6.45) is 9.33. The fraction of sp³-hybridized carbons (Fsp3) is 0.250. The van der Waals surface area contributed by atoms with E-state index in [1.807, 2.05) is 53.4 Å². The molecule has 0 unspecified atom stereocenters. The van der Waals surface area contributed by atoms with Gasteiger partial charge in [-0.15, -0.1) is 11.3 Å². The molecule has 2 aliphatic heterocycles. The second-order valence-electron chi connectivity index (χ2n) is 8.94. The molecule has 0 radical (unpaired) electrons. The first kappa shape index (κ1) is 24.5. The Hall–Kier alpha value is -3.23. The standard InChI is InChI=1S/C28H28BrN5OS/c1-3-22(29)27-32-23(16-26(33(27)2)31-18-19-7-6-12-30-17-19)20-10-13-34(14-11-20)28(35)25-15-21-8-4-5-9-24(21)36-25/h3-9,12,15-17,20,32H,1,10-11,13-14,18H2,2H3/b27-22+,31-26?. The van der Waals surface area contributed by atoms with Gasteiger partial charge in [0, 0.05) is 54.9 Å². The summed E-state index contributed by atoms with van der Waals surface area (Å²) in [5.74, 6) is 2.24. The number of carbonyl (C=O) groups excluding carboxylic acids is 1. The van der Waals surface area contributed by atoms with Gasteiger partial charge >= 0.3 is 0 Å². The van der Waals surface area contributed by atoms with E-state index in [4.69, 9.17) is 4.99 Å². The third-order valence-electron chi connectivity index (χ3n) is 6.64. The van der Waals surface area contributed by atoms with Gasteiger partial charge in [-0.3, -0.25) is 14.8 Å². The quantitative estimate of drug-likeness (QED) is 0.420. The Kier molecular flexibility index (Phi) is 7.34. The van der Waals surface area contributed by atoms with E-state index in [2.05, 4.69) is 51.0 Å². The van der Waals surface area contributed by atoms with E-state index < -0.39 is 0 Å². The Labute approximate surface area is 223 Å². The molecule has 184 valence electrons. The molecule has 1 fully saturated rings. The first-order valence-electron chi connectivity index (χ1n) is 12.0. The lowest BCUT2D eigenvalue weighted by Gasteiger charge is -2.37. The van der Waals surface area contributed by atoms with Crippen LogP contribution in [0.4, 0.5) is 0 Å². The Morgan fingerprint density at radius 3 is 2.81 bits per heavy atom. The van der Waals surface area contributed by atoms with Gasteiger partial charge in [0.25, 0.3) is 5.91 Å². The number of fused-ring (bicyclic) bond motifs is 1. The number of thiophene rings is 1. The minimum atomic E-state index is 0.133. The lowest BCUT2D eigenvalue weighted by molar-refractivity contribution is 0.0705. The first-order chi connectivity index (χ1) is 17.5. The van der Waals surface area contributed by atoms with Crippen molar-refractivity contribution < 1.29 is 4.79 Å². The summed E-state index contributed by atoms with van der Waals surface area (Å²) in [6.45, 7) is 5.94. The third kappa shape index (κ3) is 5.15. The van der Waals surface area contributed by atoms with Crippen molar-refractivity contribution in [1.29, 1.82) is 0 Å². The highest BCUT2D eigenvalue weighted by atomic mass is 79.9. The number of likely N-dealkylation sites (tertiary alicyclic amines) is 1. The number of halogens is 1. The summed E-state index contributed by atoms with van der Waals surface area (Å²) in [7, 11) is 1.99. The molecule has 3 aromatic rings. The second-order valence-corrected chi connectivity index (χ2v) is 10.9. The Morgan fingerprint density at radius 1 is 1.28 bits per heavy atom. The Morgan fingerprint density at radius 2 is 2.08 bits per heavy atom. The van der Waals surface area contributed by atoms with E-state index in [1.165, 1.54) is 0 Å². The van der Waals surface area contributed by atoms with Gasteiger partial charge in [0.15, 0.2) is 0 Å². The molecule has 1 aromatic carbocycles. The fourth-order valence-corrected chi connectivity index (χ4v) is 5.99. The number of amidine groups is 1. The molecule has 1 saturated heterocycles. The number of rotatable bonds is 5. The highest BCUT2D eigenvalue weighted by Crippen LogP contribution is 2.31. The van der Waals surface area contributed by atoms with Gasteiger partial charge in [-0.25, -0.2) is 0 Å². The number of amides is 1. The number of pyridine rings is 1. The topological polar surface area (TPSA) is 60.8 Å². The number of allylic oxidation sites excluding steroid dienone is 3. The van der Waals surface area contributed by atoms with Gasteiger partial charge in [-0.05, 0) is 57.9 Å². The Balaban J connectivity index is 1.32. The van der Waals surface area contributed by atoms with Crippen molar-refractivity contribution in [2.45, 2.75) is 19.4 Å². The highest BCUT2D eigenvalue weighted by Gasteiger charge is 2.30. The Bertz CT molecular complexity index is 1340. The third-order valence-corrected chi connectivity index (χ3v) is 8.44. The maximum Gasteiger partial charge on any atom is 0.263 e. The van der Waals surface area contributed by atoms with E-state index in [0.717, 1.165) is 68.3 Å². The van der Waals surface area contributed by atoms with Gasteiger partial charge in [0.05, 0.1) is 15.9 Å². The molecule has 4 heterocycles. The number of aromatic nitrogens is 1. The van der Waals surface area contributed by atoms with Crippen molar-refractivity contribution in [1.82, 2.24) is 20.1 Å². The molecule has 1 N–H and O–H groups in total. The molecular formula is C28H28BrN5OS. The predicted octanol–water partition coefficient (Wildman–Crippen LogP) is 5.92. The zero-order valence-electron chi connectivity index (χ0n) is 20.2. The predicted molar refractivity (Wildman–Crippen MR) is 151 cm³/mol. The summed E-state index contributed by atoms with van der Waals surface area (Å²) in [5, 5.41) is 4.73. The van der Waals surface area contributed by atoms with Crippen LogP contribution in [0, 0.1) is 5.92 Å². The SMILES string of the molecule is C=C/C(Br)=C1/NC(C2CCN(C(=O)c3cc4ccccc4s3)CC2)=CC(=NCc2cccnc2)N1C. The van der Waals surface area contributed by atoms with Gasteiger partial charge in [-0.2, -0.15) is 0 Å². The van der Waals surface area contributed by atoms with E-state index in [-0.39, 0.29) is 5.91 Å². The van der Waals surface area contributed by atoms with Crippen LogP contribution in [-0.2, 0) is 6.54 Å². The first-order valence-corrected chi connectivity index (χ1v) is 13.6. The van der Waals surface area contributed by atoms with Crippen LogP contribution in [0.2, 0.25) is 0 Å². The number of piperidine rings is 1. The van der Waals surface area contributed by atoms with Crippen LogP contribution < -0.4 is 5.32 Å². The molecular weight excluding hydrogens is 534 g/mol. The number of carbonyl (C=O) groups is 1. The molecule has 0 aliphatic carbocycles. The van der Waals surface area contributed by atoms with E-state index in [1.54, 1.807) is 23.6 Å². The lowest BCUT2D eigenvalue weighted by Crippen LogP contribution is -2.44. The zero-order valence-corrected chi connectivity index (χ0v) is 22.6. The smallest absolute Gasteiger partial charge is 0.263 e. The van der Waals surface area contributed by atoms with Crippen molar-refractivity contribution in [2.24, 2.45) is 10.9 Å². The molecule has 2 aromatic heterocycles. The summed E-state index contributed by atoms with van der Waals surface area (Å²) in [5.41, 5.74) is 2.19. The van der Waals surface area contributed by atoms with Gasteiger partial charge in [0.1, 0.15) is 11.7 Å². The molecule has 6 nitrogen and oxygen atoms in total. The number of hydrogen-bond donors (Lipinski definition) is 1. The molecule has 0 saturated carbocycles. The number of likely N-dealkylation sites (N-methyl/N-ethyl adjacent to an activating group) is 1. The highest BCUT2D eigenvalue weighted by molar-refractivity contribution is 9.11. The van der Waals surface area contributed by atoms with Crippen LogP contribution in [0.15, 0.2) is 94.6 Å². The van der Waals surface area contributed by atoms with Crippen molar-refractivity contribution in [3.8, 4) is 0 Å². The van der Waals surface area contributed by atoms with Gasteiger partial charge < -0.3 is 15.1 Å². The monoisotopic (exact) mass is 561 g/mol. The average Bonchev–Trinajstić information content (AvgIpc) is 3.37. The number of aliphatic imine (C=N–C) groups is 1. The number of nitrogens with zero attached hydrogens (tertiary/aromatic N) is 4. The minimum Gasteiger partial charge on any atom is -0.344 e. The summed E-state index contributed by atoms with van der Waals surface area (Å²) in [6, 6.07) is 14.1. The van der Waals surface area contributed by atoms with Gasteiger partial charge in [-0.1, -0.05) is 36.9 Å². The van der Waals surface area contributed by atoms with Crippen molar-refractivity contribution >= 4 is 49.1 Å². The zero-order chi connectivity index (χ0) is 25.1. The van der Waals surface area contributed by atoms with Crippen molar-refractivity contribution in [3.63, 3.8) is 0 Å². The van der Waals surface area contributed by atoms with Crippen LogP contribution >= 0.6 is 27.3 Å². The molecule has 0 spiro atoms. The number of benzene rings is 1. The molecule has 0 atom stereocenters. The lowest BCUT2D eigenvalue weighted by atomic mass is 9.92. The van der Waals surface area contributed by atoms with E-state index >= 15 is 0 Å². The maximum absolute atomic E-state index is 13.2. The molecule has 2 aliphatic rings. The summed E-state index contributed by atoms with van der Waals surface area (Å²) in [4.78, 5) is 27.1. The van der Waals surface area contributed by atoms with Crippen LogP contribution in [0.5, 0.6) is 0 Å². The average molecular weight is 563 g/mol. The van der Waals surface area contributed by atoms with Crippen LogP contribution in [0.25, 0.3) is 10.1 Å². The number of hydrogen-bond acceptors (Lipinski definition) is 5. The van der Waals surface area contributed by atoms with Crippen molar-refractivity contribution in [3.05, 3.63) is 100 Å². The van der Waals surface area contributed by atoms with E-state index in [9.17, 15) is 4.79 Å². The van der Waals surface area contributed by atoms with Gasteiger partial charge in [0.2, 0.25) is 0 Å². The normalized spacial score (nSPS) is 19.3. The summed E-state index contributed by atoms with van der Waals surface area (Å²) < 4.78 is 2.03. The van der Waals surface area contributed by atoms with Crippen LogP contribution in [-0.4, -0.2) is 46.7 Å². The molecule has 0 bridgehead atoms. The van der Waals surface area contributed by atoms with Crippen LogP contribution in [0.1, 0.15) is 28.1 Å². The molecule has 5 rings (SSSR count). The van der Waals surface area contributed by atoms with Crippen LogP contribution in [0.3, 0.4) is 0 Å². The maximum atomic E-state index is 13.2. The number of nitrogens with one attached hydrogen (secondary N) is 1. The minimum absolute atomic E-state index is 0.133. The summed E-state index contributed by atoms with van der Waals surface area (Å²) >= 11 is 5.21. The van der Waals surface area contributed by atoms with E-state index in [0.29, 0.717) is 12.5 Å². The largest absolute Gasteiger partial charge is 0.344 e. The van der Waals surface area contributed by atoms with Crippen molar-refractivity contribution in [2.75, 3.05) is 20.1 Å². The molecule has 36 heavy (non-hydrogen) atoms. The fourth-order valence-electron chi connectivity index (χ4n) is 4.60. The molecule has 8 heteroatoms.